The number of rotatable bonds is 5. The van der Waals surface area contributed by atoms with Crippen LogP contribution >= 0.6 is 11.6 Å². The lowest BCUT2D eigenvalue weighted by atomic mass is 10.2. The van der Waals surface area contributed by atoms with Gasteiger partial charge < -0.3 is 9.73 Å². The van der Waals surface area contributed by atoms with Crippen LogP contribution in [0.15, 0.2) is 62.7 Å². The first-order valence-corrected chi connectivity index (χ1v) is 9.03. The number of hydrogen-bond donors (Lipinski definition) is 2. The molecular formula is C19H11ClFN7O2. The summed E-state index contributed by atoms with van der Waals surface area (Å²) in [6.45, 7) is 0. The van der Waals surface area contributed by atoms with Crippen LogP contribution in [-0.4, -0.2) is 26.5 Å². The molecule has 30 heavy (non-hydrogen) atoms. The van der Waals surface area contributed by atoms with E-state index in [0.29, 0.717) is 11.4 Å². The van der Waals surface area contributed by atoms with E-state index >= 15 is 0 Å². The van der Waals surface area contributed by atoms with Gasteiger partial charge in [-0.25, -0.2) is 14.0 Å². The van der Waals surface area contributed by atoms with Gasteiger partial charge in [-0.3, -0.25) is 5.43 Å². The number of hydrogen-bond acceptors (Lipinski definition) is 9. The van der Waals surface area contributed by atoms with E-state index in [9.17, 15) is 4.39 Å². The minimum absolute atomic E-state index is 0.0328. The summed E-state index contributed by atoms with van der Waals surface area (Å²) in [5, 5.41) is 15.4. The Bertz CT molecular complexity index is 1370. The van der Waals surface area contributed by atoms with Gasteiger partial charge in [0.1, 0.15) is 17.2 Å². The molecule has 0 spiro atoms. The van der Waals surface area contributed by atoms with Crippen LogP contribution in [0.5, 0.6) is 0 Å². The van der Waals surface area contributed by atoms with Crippen LogP contribution in [0, 0.1) is 5.82 Å². The summed E-state index contributed by atoms with van der Waals surface area (Å²) >= 11 is 5.84. The van der Waals surface area contributed by atoms with E-state index in [-0.39, 0.29) is 28.0 Å². The Balaban J connectivity index is 1.44. The Labute approximate surface area is 172 Å². The third-order valence-electron chi connectivity index (χ3n) is 4.10. The third-order valence-corrected chi connectivity index (χ3v) is 4.39. The number of halogens is 2. The van der Waals surface area contributed by atoms with E-state index in [1.54, 1.807) is 0 Å². The van der Waals surface area contributed by atoms with Gasteiger partial charge in [-0.2, -0.15) is 10.1 Å². The fourth-order valence-electron chi connectivity index (χ4n) is 2.74. The third kappa shape index (κ3) is 3.51. The van der Waals surface area contributed by atoms with E-state index in [0.717, 1.165) is 11.0 Å². The van der Waals surface area contributed by atoms with Crippen molar-refractivity contribution in [3.05, 3.63) is 65.1 Å². The number of fused-ring (bicyclic) bond motifs is 2. The van der Waals surface area contributed by atoms with Crippen molar-refractivity contribution < 1.29 is 13.4 Å². The van der Waals surface area contributed by atoms with Gasteiger partial charge in [-0.1, -0.05) is 29.8 Å². The van der Waals surface area contributed by atoms with Gasteiger partial charge in [-0.05, 0) is 40.6 Å². The van der Waals surface area contributed by atoms with E-state index in [1.807, 2.05) is 30.3 Å². The molecule has 5 aromatic rings. The first-order valence-electron chi connectivity index (χ1n) is 8.66. The number of aromatic nitrogens is 4. The maximum atomic E-state index is 13.4. The number of nitrogens with one attached hydrogen (secondary N) is 2. The normalized spacial score (nSPS) is 11.5. The standard InChI is InChI=1S/C19H11ClFN7O2/c20-13-8-11(5-6-14(13)21)23-16-17(25-19-18(24-16)27-30-28-19)26-22-9-12-7-10-3-1-2-4-15(10)29-12/h1-9H,(H,23,24,27)(H,25,26,28). The van der Waals surface area contributed by atoms with Crippen LogP contribution in [0.4, 0.5) is 21.7 Å². The Kier molecular flexibility index (Phi) is 4.45. The quantitative estimate of drug-likeness (QED) is 0.307. The van der Waals surface area contributed by atoms with Gasteiger partial charge in [-0.15, -0.1) is 0 Å². The zero-order valence-corrected chi connectivity index (χ0v) is 15.8. The van der Waals surface area contributed by atoms with Crippen LogP contribution in [-0.2, 0) is 0 Å². The average molecular weight is 424 g/mol. The van der Waals surface area contributed by atoms with Crippen molar-refractivity contribution in [2.75, 3.05) is 10.7 Å². The highest BCUT2D eigenvalue weighted by atomic mass is 35.5. The Hall–Kier alpha value is -4.05. The highest BCUT2D eigenvalue weighted by molar-refractivity contribution is 6.31. The van der Waals surface area contributed by atoms with Crippen molar-refractivity contribution in [3.63, 3.8) is 0 Å². The minimum Gasteiger partial charge on any atom is -0.455 e. The topological polar surface area (TPSA) is 114 Å². The number of hydrazone groups is 1. The molecule has 0 saturated heterocycles. The minimum atomic E-state index is -0.529. The molecule has 11 heteroatoms. The number of para-hydroxylation sites is 1. The predicted octanol–water partition coefficient (Wildman–Crippen LogP) is 4.74. The average Bonchev–Trinajstić information content (AvgIpc) is 3.36. The van der Waals surface area contributed by atoms with Gasteiger partial charge in [0.15, 0.2) is 11.6 Å². The van der Waals surface area contributed by atoms with E-state index in [2.05, 4.69) is 40.8 Å². The molecule has 5 rings (SSSR count). The van der Waals surface area contributed by atoms with Gasteiger partial charge >= 0.3 is 0 Å². The molecule has 0 bridgehead atoms. The molecule has 2 N–H and O–H groups in total. The summed E-state index contributed by atoms with van der Waals surface area (Å²) in [4.78, 5) is 8.60. The molecule has 0 aliphatic rings. The van der Waals surface area contributed by atoms with Crippen LogP contribution in [0.1, 0.15) is 5.76 Å². The molecule has 0 amide bonds. The largest absolute Gasteiger partial charge is 0.455 e. The molecule has 0 saturated carbocycles. The molecule has 3 heterocycles. The highest BCUT2D eigenvalue weighted by Gasteiger charge is 2.13. The van der Waals surface area contributed by atoms with Crippen molar-refractivity contribution in [1.82, 2.24) is 20.3 Å². The lowest BCUT2D eigenvalue weighted by molar-refractivity contribution is 0.314. The van der Waals surface area contributed by atoms with Crippen molar-refractivity contribution in [1.29, 1.82) is 0 Å². The summed E-state index contributed by atoms with van der Waals surface area (Å²) in [6, 6.07) is 13.6. The summed E-state index contributed by atoms with van der Waals surface area (Å²) in [5.74, 6) is 0.535. The van der Waals surface area contributed by atoms with E-state index < -0.39 is 5.82 Å². The second kappa shape index (κ2) is 7.41. The highest BCUT2D eigenvalue weighted by Crippen LogP contribution is 2.26. The fraction of sp³-hybridized carbons (Fsp3) is 0. The summed E-state index contributed by atoms with van der Waals surface area (Å²) in [5.41, 5.74) is 4.43. The second-order valence-electron chi connectivity index (χ2n) is 6.14. The zero-order valence-electron chi connectivity index (χ0n) is 15.0. The molecule has 2 aromatic carbocycles. The maximum Gasteiger partial charge on any atom is 0.245 e. The Morgan fingerprint density at radius 3 is 2.60 bits per heavy atom. The number of nitrogens with zero attached hydrogens (tertiary/aromatic N) is 5. The van der Waals surface area contributed by atoms with E-state index in [4.69, 9.17) is 16.0 Å². The molecule has 0 atom stereocenters. The predicted molar refractivity (Wildman–Crippen MR) is 110 cm³/mol. The number of furan rings is 1. The monoisotopic (exact) mass is 423 g/mol. The number of anilines is 3. The fourth-order valence-corrected chi connectivity index (χ4v) is 2.92. The molecule has 9 nitrogen and oxygen atoms in total. The maximum absolute atomic E-state index is 13.4. The molecule has 0 unspecified atom stereocenters. The first-order chi connectivity index (χ1) is 14.7. The Morgan fingerprint density at radius 1 is 1.00 bits per heavy atom. The molecule has 0 fully saturated rings. The molecule has 3 aromatic heterocycles. The molecule has 148 valence electrons. The van der Waals surface area contributed by atoms with Gasteiger partial charge in [0.2, 0.25) is 11.3 Å². The van der Waals surface area contributed by atoms with Crippen LogP contribution in [0.3, 0.4) is 0 Å². The SMILES string of the molecule is Fc1ccc(Nc2nc3nonc3nc2NN=Cc2cc3ccccc3o2)cc1Cl. The van der Waals surface area contributed by atoms with Crippen molar-refractivity contribution in [3.8, 4) is 0 Å². The van der Waals surface area contributed by atoms with Crippen LogP contribution < -0.4 is 10.7 Å². The van der Waals surface area contributed by atoms with Gasteiger partial charge in [0, 0.05) is 11.1 Å². The van der Waals surface area contributed by atoms with Crippen molar-refractivity contribution in [2.45, 2.75) is 0 Å². The molecule has 0 radical (unpaired) electrons. The van der Waals surface area contributed by atoms with Crippen molar-refractivity contribution in [2.24, 2.45) is 5.10 Å². The summed E-state index contributed by atoms with van der Waals surface area (Å²) in [6.07, 6.45) is 1.51. The Morgan fingerprint density at radius 2 is 1.80 bits per heavy atom. The smallest absolute Gasteiger partial charge is 0.245 e. The molecule has 0 aliphatic heterocycles. The van der Waals surface area contributed by atoms with Crippen LogP contribution in [0.25, 0.3) is 22.3 Å². The zero-order chi connectivity index (χ0) is 20.5. The lowest BCUT2D eigenvalue weighted by Gasteiger charge is -2.09. The van der Waals surface area contributed by atoms with E-state index in [1.165, 1.54) is 24.4 Å². The van der Waals surface area contributed by atoms with Gasteiger partial charge in [0.25, 0.3) is 0 Å². The molecule has 0 aliphatic carbocycles. The second-order valence-corrected chi connectivity index (χ2v) is 6.55. The van der Waals surface area contributed by atoms with Gasteiger partial charge in [0.05, 0.1) is 11.2 Å². The van der Waals surface area contributed by atoms with Crippen molar-refractivity contribution >= 4 is 57.4 Å². The molecular weight excluding hydrogens is 413 g/mol. The number of benzene rings is 2. The van der Waals surface area contributed by atoms with Crippen LogP contribution in [0.2, 0.25) is 5.02 Å². The first kappa shape index (κ1) is 18.0. The summed E-state index contributed by atoms with van der Waals surface area (Å²) < 4.78 is 23.8. The lowest BCUT2D eigenvalue weighted by Crippen LogP contribution is -2.03. The summed E-state index contributed by atoms with van der Waals surface area (Å²) in [7, 11) is 0.